The Hall–Kier alpha value is -3.67. The SMILES string of the molecule is NC1=NC(N)(c2ccc(OC(F)F)cc2)NC(n2c(C(F)F)nc3ccc(F)cc32)=C1. The van der Waals surface area contributed by atoms with Gasteiger partial charge in [-0.15, -0.1) is 0 Å². The first-order valence-corrected chi connectivity index (χ1v) is 8.82. The van der Waals surface area contributed by atoms with Crippen LogP contribution in [-0.4, -0.2) is 22.0 Å². The molecule has 0 saturated carbocycles. The number of benzene rings is 2. The highest BCUT2D eigenvalue weighted by atomic mass is 19.3. The van der Waals surface area contributed by atoms with Crippen molar-refractivity contribution in [3.63, 3.8) is 0 Å². The van der Waals surface area contributed by atoms with Crippen LogP contribution < -0.4 is 21.5 Å². The zero-order valence-corrected chi connectivity index (χ0v) is 15.6. The molecule has 0 spiro atoms. The molecular weight excluding hydrogens is 423 g/mol. The summed E-state index contributed by atoms with van der Waals surface area (Å²) in [6, 6.07) is 8.64. The first kappa shape index (κ1) is 20.6. The molecule has 5 N–H and O–H groups in total. The number of nitrogens with one attached hydrogen (secondary N) is 1. The summed E-state index contributed by atoms with van der Waals surface area (Å²) in [5, 5.41) is 2.80. The third kappa shape index (κ3) is 3.89. The summed E-state index contributed by atoms with van der Waals surface area (Å²) in [5.41, 5.74) is 12.7. The summed E-state index contributed by atoms with van der Waals surface area (Å²) in [6.07, 6.45) is -1.74. The molecule has 0 fully saturated rings. The third-order valence-corrected chi connectivity index (χ3v) is 4.51. The Morgan fingerprint density at radius 2 is 1.77 bits per heavy atom. The van der Waals surface area contributed by atoms with E-state index in [0.29, 0.717) is 0 Å². The van der Waals surface area contributed by atoms with E-state index in [-0.39, 0.29) is 34.0 Å². The number of rotatable bonds is 5. The molecule has 7 nitrogen and oxygen atoms in total. The van der Waals surface area contributed by atoms with Crippen molar-refractivity contribution in [1.82, 2.24) is 14.9 Å². The monoisotopic (exact) mass is 438 g/mol. The van der Waals surface area contributed by atoms with Crippen molar-refractivity contribution in [3.8, 4) is 5.75 Å². The van der Waals surface area contributed by atoms with Crippen molar-refractivity contribution in [2.24, 2.45) is 16.5 Å². The lowest BCUT2D eigenvalue weighted by molar-refractivity contribution is -0.0498. The Morgan fingerprint density at radius 1 is 1.06 bits per heavy atom. The number of amidine groups is 1. The van der Waals surface area contributed by atoms with E-state index < -0.39 is 30.5 Å². The second-order valence-electron chi connectivity index (χ2n) is 6.60. The van der Waals surface area contributed by atoms with Crippen molar-refractivity contribution in [2.75, 3.05) is 0 Å². The van der Waals surface area contributed by atoms with E-state index in [1.165, 1.54) is 36.4 Å². The molecule has 1 unspecified atom stereocenters. The molecule has 4 rings (SSSR count). The van der Waals surface area contributed by atoms with Crippen LogP contribution in [0, 0.1) is 5.82 Å². The van der Waals surface area contributed by atoms with Gasteiger partial charge in [0.25, 0.3) is 6.43 Å². The van der Waals surface area contributed by atoms with E-state index in [0.717, 1.165) is 16.7 Å². The van der Waals surface area contributed by atoms with Gasteiger partial charge in [-0.05, 0) is 36.4 Å². The van der Waals surface area contributed by atoms with Crippen molar-refractivity contribution in [1.29, 1.82) is 0 Å². The van der Waals surface area contributed by atoms with Gasteiger partial charge in [0.05, 0.1) is 11.0 Å². The maximum absolute atomic E-state index is 13.8. The molecule has 2 aromatic carbocycles. The van der Waals surface area contributed by atoms with Gasteiger partial charge in [-0.3, -0.25) is 10.3 Å². The maximum Gasteiger partial charge on any atom is 0.387 e. The average Bonchev–Trinajstić information content (AvgIpc) is 3.06. The predicted octanol–water partition coefficient (Wildman–Crippen LogP) is 3.24. The number of alkyl halides is 4. The molecule has 0 aliphatic carbocycles. The molecule has 1 aliphatic rings. The first-order chi connectivity index (χ1) is 14.7. The number of hydrogen-bond acceptors (Lipinski definition) is 6. The van der Waals surface area contributed by atoms with Crippen molar-refractivity contribution < 1.29 is 26.7 Å². The van der Waals surface area contributed by atoms with Gasteiger partial charge in [0.15, 0.2) is 5.82 Å². The Labute approximate surface area is 171 Å². The van der Waals surface area contributed by atoms with Gasteiger partial charge in [0.1, 0.15) is 23.2 Å². The Kier molecular flexibility index (Phi) is 5.01. The van der Waals surface area contributed by atoms with Crippen LogP contribution in [0.2, 0.25) is 0 Å². The fraction of sp³-hybridized carbons (Fsp3) is 0.158. The molecule has 12 heteroatoms. The molecule has 1 atom stereocenters. The lowest BCUT2D eigenvalue weighted by atomic mass is 10.1. The molecule has 0 saturated heterocycles. The summed E-state index contributed by atoms with van der Waals surface area (Å²) in [4.78, 5) is 7.98. The Morgan fingerprint density at radius 3 is 2.42 bits per heavy atom. The van der Waals surface area contributed by atoms with Gasteiger partial charge in [-0.2, -0.15) is 8.78 Å². The van der Waals surface area contributed by atoms with Gasteiger partial charge in [0, 0.05) is 17.7 Å². The molecule has 0 amide bonds. The highest BCUT2D eigenvalue weighted by Crippen LogP contribution is 2.31. The quantitative estimate of drug-likeness (QED) is 0.531. The van der Waals surface area contributed by atoms with Gasteiger partial charge in [-0.1, -0.05) is 0 Å². The van der Waals surface area contributed by atoms with Crippen LogP contribution in [0.15, 0.2) is 53.5 Å². The van der Waals surface area contributed by atoms with Gasteiger partial charge >= 0.3 is 6.61 Å². The number of ether oxygens (including phenoxy) is 1. The van der Waals surface area contributed by atoms with E-state index >= 15 is 0 Å². The molecular formula is C19H15F5N6O. The second-order valence-corrected chi connectivity index (χ2v) is 6.60. The van der Waals surface area contributed by atoms with Gasteiger partial charge in [-0.25, -0.2) is 23.1 Å². The number of imidazole rings is 1. The number of aliphatic imine (C=N–C) groups is 1. The van der Waals surface area contributed by atoms with E-state index in [1.54, 1.807) is 0 Å². The lowest BCUT2D eigenvalue weighted by Crippen LogP contribution is -2.52. The van der Waals surface area contributed by atoms with E-state index in [2.05, 4.69) is 20.0 Å². The maximum atomic E-state index is 13.8. The zero-order valence-electron chi connectivity index (χ0n) is 15.6. The van der Waals surface area contributed by atoms with Crippen molar-refractivity contribution in [3.05, 3.63) is 65.7 Å². The van der Waals surface area contributed by atoms with E-state index in [9.17, 15) is 22.0 Å². The summed E-state index contributed by atoms with van der Waals surface area (Å²) >= 11 is 0. The van der Waals surface area contributed by atoms with Crippen LogP contribution >= 0.6 is 0 Å². The molecule has 0 radical (unpaired) electrons. The summed E-state index contributed by atoms with van der Waals surface area (Å²) in [6.45, 7) is -3.00. The lowest BCUT2D eigenvalue weighted by Gasteiger charge is -2.33. The normalized spacial score (nSPS) is 18.8. The van der Waals surface area contributed by atoms with Crippen molar-refractivity contribution >= 4 is 22.7 Å². The predicted molar refractivity (Wildman–Crippen MR) is 103 cm³/mol. The minimum Gasteiger partial charge on any atom is -0.435 e. The van der Waals surface area contributed by atoms with Crippen molar-refractivity contribution in [2.45, 2.75) is 18.8 Å². The summed E-state index contributed by atoms with van der Waals surface area (Å²) < 4.78 is 71.2. The molecule has 162 valence electrons. The van der Waals surface area contributed by atoms with Crippen LogP contribution in [0.3, 0.4) is 0 Å². The van der Waals surface area contributed by atoms with E-state index in [1.807, 2.05) is 0 Å². The minimum absolute atomic E-state index is 0.0219. The van der Waals surface area contributed by atoms with Gasteiger partial charge < -0.3 is 15.8 Å². The highest BCUT2D eigenvalue weighted by Gasteiger charge is 2.33. The molecule has 1 aromatic heterocycles. The zero-order chi connectivity index (χ0) is 22.3. The minimum atomic E-state index is -3.00. The van der Waals surface area contributed by atoms with Crippen LogP contribution in [0.25, 0.3) is 16.9 Å². The number of halogens is 5. The topological polar surface area (TPSA) is 103 Å². The number of nitrogens with two attached hydrogens (primary N) is 2. The van der Waals surface area contributed by atoms with E-state index in [4.69, 9.17) is 11.5 Å². The number of aromatic nitrogens is 2. The average molecular weight is 438 g/mol. The highest BCUT2D eigenvalue weighted by molar-refractivity contribution is 5.98. The number of hydrogen-bond donors (Lipinski definition) is 3. The Balaban J connectivity index is 1.78. The van der Waals surface area contributed by atoms with Crippen LogP contribution in [0.1, 0.15) is 17.8 Å². The third-order valence-electron chi connectivity index (χ3n) is 4.51. The molecule has 3 aromatic rings. The number of fused-ring (bicyclic) bond motifs is 1. The summed E-state index contributed by atoms with van der Waals surface area (Å²) in [7, 11) is 0. The molecule has 1 aliphatic heterocycles. The number of nitrogens with zero attached hydrogens (tertiary/aromatic N) is 3. The molecule has 2 heterocycles. The van der Waals surface area contributed by atoms with Crippen LogP contribution in [0.5, 0.6) is 5.75 Å². The fourth-order valence-corrected chi connectivity index (χ4v) is 3.25. The summed E-state index contributed by atoms with van der Waals surface area (Å²) in [5.74, 6) is -3.28. The van der Waals surface area contributed by atoms with Crippen LogP contribution in [-0.2, 0) is 5.79 Å². The second kappa shape index (κ2) is 7.54. The molecule has 0 bridgehead atoms. The standard InChI is InChI=1S/C19H15F5N6O/c20-10-3-6-12-13(7-10)30(17(27-12)16(21)22)15-8-14(25)28-19(26,29-15)9-1-4-11(5-2-9)31-18(23)24/h1-8,16,18,29H,26H2,(H2,25,28). The smallest absolute Gasteiger partial charge is 0.387 e. The van der Waals surface area contributed by atoms with Gasteiger partial charge in [0.2, 0.25) is 5.79 Å². The molecule has 31 heavy (non-hydrogen) atoms. The largest absolute Gasteiger partial charge is 0.435 e. The van der Waals surface area contributed by atoms with Crippen LogP contribution in [0.4, 0.5) is 22.0 Å². The first-order valence-electron chi connectivity index (χ1n) is 8.82. The fourth-order valence-electron chi connectivity index (χ4n) is 3.25. The Bertz CT molecular complexity index is 1190.